The molecule has 0 bridgehead atoms. The molecule has 0 aliphatic rings. The van der Waals surface area contributed by atoms with Gasteiger partial charge in [-0.15, -0.1) is 0 Å². The minimum atomic E-state index is -0.302. The van der Waals surface area contributed by atoms with E-state index >= 15 is 0 Å². The minimum Gasteiger partial charge on any atom is -0.495 e. The van der Waals surface area contributed by atoms with Crippen LogP contribution >= 0.6 is 0 Å². The fourth-order valence-corrected chi connectivity index (χ4v) is 2.84. The van der Waals surface area contributed by atoms with Crippen molar-refractivity contribution in [1.29, 1.82) is 0 Å². The molecule has 9 nitrogen and oxygen atoms in total. The van der Waals surface area contributed by atoms with Crippen LogP contribution in [0.25, 0.3) is 5.82 Å². The highest BCUT2D eigenvalue weighted by Gasteiger charge is 2.08. The van der Waals surface area contributed by atoms with E-state index in [1.54, 1.807) is 13.3 Å². The number of aryl methyl sites for hydroxylation is 3. The zero-order valence-corrected chi connectivity index (χ0v) is 17.0. The number of ether oxygens (including phenoxy) is 1. The Hall–Kier alpha value is -3.62. The lowest BCUT2D eigenvalue weighted by Gasteiger charge is -2.13. The highest BCUT2D eigenvalue weighted by atomic mass is 16.5. The minimum absolute atomic E-state index is 0.302. The van der Waals surface area contributed by atoms with E-state index in [1.807, 2.05) is 55.8 Å². The largest absolute Gasteiger partial charge is 0.495 e. The molecule has 0 aliphatic carbocycles. The molecule has 0 fully saturated rings. The van der Waals surface area contributed by atoms with Crippen LogP contribution in [0.1, 0.15) is 17.2 Å². The third-order valence-corrected chi connectivity index (χ3v) is 4.22. The number of amides is 2. The van der Waals surface area contributed by atoms with Gasteiger partial charge in [0.2, 0.25) is 0 Å². The van der Waals surface area contributed by atoms with E-state index in [0.717, 1.165) is 17.2 Å². The highest BCUT2D eigenvalue weighted by Crippen LogP contribution is 2.24. The summed E-state index contributed by atoms with van der Waals surface area (Å²) >= 11 is 0. The molecule has 1 aromatic carbocycles. The van der Waals surface area contributed by atoms with Crippen molar-refractivity contribution in [2.75, 3.05) is 30.8 Å². The van der Waals surface area contributed by atoms with Crippen molar-refractivity contribution in [3.05, 3.63) is 53.9 Å². The smallest absolute Gasteiger partial charge is 0.319 e. The van der Waals surface area contributed by atoms with Crippen LogP contribution in [0.15, 0.2) is 36.7 Å². The molecule has 2 heterocycles. The maximum atomic E-state index is 12.2. The van der Waals surface area contributed by atoms with E-state index in [-0.39, 0.29) is 6.03 Å². The molecular weight excluding hydrogens is 370 g/mol. The van der Waals surface area contributed by atoms with Crippen molar-refractivity contribution in [3.63, 3.8) is 0 Å². The summed E-state index contributed by atoms with van der Waals surface area (Å²) in [5.41, 5.74) is 1.66. The number of carbonyl (C=O) groups is 1. The first-order valence-corrected chi connectivity index (χ1v) is 9.25. The monoisotopic (exact) mass is 395 g/mol. The van der Waals surface area contributed by atoms with Gasteiger partial charge >= 0.3 is 6.03 Å². The highest BCUT2D eigenvalue weighted by molar-refractivity contribution is 5.91. The summed E-state index contributed by atoms with van der Waals surface area (Å²) in [4.78, 5) is 25.2. The van der Waals surface area contributed by atoms with Crippen molar-refractivity contribution in [2.24, 2.45) is 0 Å². The first kappa shape index (κ1) is 20.1. The molecule has 9 heteroatoms. The number of anilines is 2. The first-order chi connectivity index (χ1) is 14.0. The lowest BCUT2D eigenvalue weighted by atomic mass is 10.2. The number of aromatic nitrogens is 4. The van der Waals surface area contributed by atoms with E-state index in [2.05, 4.69) is 30.9 Å². The summed E-state index contributed by atoms with van der Waals surface area (Å²) in [6, 6.07) is 7.15. The second-order valence-electron chi connectivity index (χ2n) is 6.51. The third kappa shape index (κ3) is 5.22. The van der Waals surface area contributed by atoms with Gasteiger partial charge in [-0.2, -0.15) is 0 Å². The van der Waals surface area contributed by atoms with E-state index in [9.17, 15) is 4.79 Å². The Labute approximate surface area is 169 Å². The molecule has 152 valence electrons. The number of nitrogens with zero attached hydrogens (tertiary/aromatic N) is 4. The topological polar surface area (TPSA) is 106 Å². The number of benzene rings is 1. The summed E-state index contributed by atoms with van der Waals surface area (Å²) in [5.74, 6) is 3.53. The summed E-state index contributed by atoms with van der Waals surface area (Å²) in [7, 11) is 1.57. The molecule has 0 unspecified atom stereocenters. The number of carbonyl (C=O) groups excluding carboxylic acids is 1. The van der Waals surface area contributed by atoms with Crippen LogP contribution in [0, 0.1) is 20.8 Å². The number of nitrogens with one attached hydrogen (secondary N) is 3. The van der Waals surface area contributed by atoms with Gasteiger partial charge in [0.15, 0.2) is 0 Å². The zero-order valence-electron chi connectivity index (χ0n) is 17.0. The van der Waals surface area contributed by atoms with E-state index < -0.39 is 0 Å². The molecule has 3 N–H and O–H groups in total. The van der Waals surface area contributed by atoms with Crippen molar-refractivity contribution in [3.8, 4) is 11.6 Å². The molecule has 2 amide bonds. The molecule has 0 saturated heterocycles. The Morgan fingerprint density at radius 2 is 1.97 bits per heavy atom. The fraction of sp³-hybridized carbons (Fsp3) is 0.300. The van der Waals surface area contributed by atoms with Crippen LogP contribution in [0.4, 0.5) is 16.3 Å². The Morgan fingerprint density at radius 1 is 1.14 bits per heavy atom. The van der Waals surface area contributed by atoms with Crippen LogP contribution in [0.3, 0.4) is 0 Å². The SMILES string of the molecule is COc1ccc(C)cc1NC(=O)NCCNc1cc(-n2ccnc2C)nc(C)n1. The number of methoxy groups -OCH3 is 1. The summed E-state index contributed by atoms with van der Waals surface area (Å²) in [6.07, 6.45) is 3.58. The standard InChI is InChI=1S/C20H25N7O2/c1-13-5-6-17(29-4)16(11-13)26-20(28)23-8-7-22-18-12-19(25-14(2)24-18)27-10-9-21-15(27)3/h5-6,9-12H,7-8H2,1-4H3,(H,22,24,25)(H2,23,26,28). The Bertz CT molecular complexity index is 1000. The van der Waals surface area contributed by atoms with Gasteiger partial charge in [0.25, 0.3) is 0 Å². The van der Waals surface area contributed by atoms with E-state index in [4.69, 9.17) is 4.74 Å². The second-order valence-corrected chi connectivity index (χ2v) is 6.51. The molecule has 0 spiro atoms. The Balaban J connectivity index is 1.53. The number of hydrogen-bond acceptors (Lipinski definition) is 6. The molecule has 2 aromatic heterocycles. The quantitative estimate of drug-likeness (QED) is 0.531. The van der Waals surface area contributed by atoms with Gasteiger partial charge in [-0.3, -0.25) is 4.57 Å². The van der Waals surface area contributed by atoms with Crippen molar-refractivity contribution in [1.82, 2.24) is 24.8 Å². The lowest BCUT2D eigenvalue weighted by Crippen LogP contribution is -2.32. The predicted molar refractivity (Wildman–Crippen MR) is 112 cm³/mol. The Morgan fingerprint density at radius 3 is 2.69 bits per heavy atom. The van der Waals surface area contributed by atoms with Crippen LogP contribution in [-0.4, -0.2) is 45.7 Å². The van der Waals surface area contributed by atoms with Gasteiger partial charge in [0.05, 0.1) is 12.8 Å². The molecule has 29 heavy (non-hydrogen) atoms. The maximum Gasteiger partial charge on any atom is 0.319 e. The first-order valence-electron chi connectivity index (χ1n) is 9.25. The summed E-state index contributed by atoms with van der Waals surface area (Å²) in [5, 5.41) is 8.82. The normalized spacial score (nSPS) is 10.5. The lowest BCUT2D eigenvalue weighted by molar-refractivity contribution is 0.252. The molecule has 0 aliphatic heterocycles. The zero-order chi connectivity index (χ0) is 20.8. The number of imidazole rings is 1. The maximum absolute atomic E-state index is 12.2. The van der Waals surface area contributed by atoms with Crippen LogP contribution in [0.5, 0.6) is 5.75 Å². The van der Waals surface area contributed by atoms with Gasteiger partial charge in [-0.1, -0.05) is 6.07 Å². The van der Waals surface area contributed by atoms with Crippen molar-refractivity contribution < 1.29 is 9.53 Å². The molecule has 0 radical (unpaired) electrons. The van der Waals surface area contributed by atoms with Crippen LogP contribution in [0.2, 0.25) is 0 Å². The number of urea groups is 1. The molecule has 0 atom stereocenters. The van der Waals surface area contributed by atoms with Crippen molar-refractivity contribution in [2.45, 2.75) is 20.8 Å². The molecule has 0 saturated carbocycles. The molecular formula is C20H25N7O2. The summed E-state index contributed by atoms with van der Waals surface area (Å²) < 4.78 is 7.16. The van der Waals surface area contributed by atoms with Gasteiger partial charge in [0.1, 0.15) is 29.0 Å². The predicted octanol–water partition coefficient (Wildman–Crippen LogP) is 2.83. The number of rotatable bonds is 7. The van der Waals surface area contributed by atoms with E-state index in [1.165, 1.54) is 0 Å². The Kier molecular flexibility index (Phi) is 6.28. The van der Waals surface area contributed by atoms with Gasteiger partial charge in [-0.05, 0) is 38.5 Å². The summed E-state index contributed by atoms with van der Waals surface area (Å²) in [6.45, 7) is 6.63. The average Bonchev–Trinajstić information content (AvgIpc) is 3.11. The van der Waals surface area contributed by atoms with Gasteiger partial charge < -0.3 is 20.7 Å². The fourth-order valence-electron chi connectivity index (χ4n) is 2.84. The second kappa shape index (κ2) is 9.05. The van der Waals surface area contributed by atoms with Gasteiger partial charge in [-0.25, -0.2) is 19.7 Å². The van der Waals surface area contributed by atoms with Gasteiger partial charge in [0, 0.05) is 31.5 Å². The third-order valence-electron chi connectivity index (χ3n) is 4.22. The van der Waals surface area contributed by atoms with Crippen LogP contribution in [-0.2, 0) is 0 Å². The van der Waals surface area contributed by atoms with E-state index in [0.29, 0.717) is 36.2 Å². The molecule has 3 aromatic rings. The van der Waals surface area contributed by atoms with Crippen LogP contribution < -0.4 is 20.7 Å². The average molecular weight is 395 g/mol. The van der Waals surface area contributed by atoms with Crippen molar-refractivity contribution >= 4 is 17.5 Å². The molecule has 3 rings (SSSR count). The number of hydrogen-bond donors (Lipinski definition) is 3.